The Kier molecular flexibility index (Phi) is 7.87. The van der Waals surface area contributed by atoms with E-state index in [2.05, 4.69) is 0 Å². The van der Waals surface area contributed by atoms with Crippen LogP contribution in [-0.2, 0) is 12.4 Å². The maximum absolute atomic E-state index is 13.2. The Morgan fingerprint density at radius 2 is 0.927 bits per heavy atom. The molecule has 4 aromatic rings. The molecule has 0 saturated carbocycles. The lowest BCUT2D eigenvalue weighted by molar-refractivity contribution is -0.384. The zero-order valence-corrected chi connectivity index (χ0v) is 21.4. The number of rotatable bonds is 6. The summed E-state index contributed by atoms with van der Waals surface area (Å²) in [6.07, 6.45) is -9.74. The molecule has 0 aliphatic rings. The summed E-state index contributed by atoms with van der Waals surface area (Å²) in [5.74, 6) is -0.342. The molecule has 0 unspecified atom stereocenters. The van der Waals surface area contributed by atoms with Gasteiger partial charge in [0.05, 0.1) is 32.1 Å². The highest BCUT2D eigenvalue weighted by atomic mass is 35.5. The van der Waals surface area contributed by atoms with E-state index in [-0.39, 0.29) is 43.8 Å². The minimum absolute atomic E-state index is 0.0382. The number of benzene rings is 4. The highest BCUT2D eigenvalue weighted by Gasteiger charge is 2.35. The average Bonchev–Trinajstić information content (AvgIpc) is 2.88. The monoisotopic (exact) mass is 616 g/mol. The molecule has 4 rings (SSSR count). The second-order valence-electron chi connectivity index (χ2n) is 8.36. The van der Waals surface area contributed by atoms with E-state index in [1.54, 1.807) is 0 Å². The van der Waals surface area contributed by atoms with Crippen LogP contribution < -0.4 is 4.74 Å². The van der Waals surface area contributed by atoms with E-state index in [4.69, 9.17) is 27.9 Å². The first-order valence-electron chi connectivity index (χ1n) is 11.0. The molecule has 0 saturated heterocycles. The summed E-state index contributed by atoms with van der Waals surface area (Å²) in [5.41, 5.74) is -5.18. The Morgan fingerprint density at radius 3 is 1.24 bits per heavy atom. The first kappa shape index (κ1) is 29.6. The first-order chi connectivity index (χ1) is 19.1. The second kappa shape index (κ2) is 10.9. The molecule has 0 atom stereocenters. The van der Waals surface area contributed by atoms with Crippen molar-refractivity contribution >= 4 is 34.6 Å². The van der Waals surface area contributed by atoms with Crippen LogP contribution in [0.15, 0.2) is 72.8 Å². The van der Waals surface area contributed by atoms with Gasteiger partial charge in [-0.25, -0.2) is 0 Å². The second-order valence-corrected chi connectivity index (χ2v) is 9.23. The summed E-state index contributed by atoms with van der Waals surface area (Å²) in [4.78, 5) is 21.4. The number of hydrogen-bond acceptors (Lipinski definition) is 5. The number of alkyl halides is 6. The van der Waals surface area contributed by atoms with E-state index in [0.717, 1.165) is 12.1 Å². The number of nitro benzene ring substituents is 2. The van der Waals surface area contributed by atoms with Crippen LogP contribution in [0.4, 0.5) is 37.7 Å². The molecule has 0 fully saturated rings. The number of hydrogen-bond donors (Lipinski definition) is 0. The Hall–Kier alpha value is -4.36. The van der Waals surface area contributed by atoms with E-state index >= 15 is 0 Å². The zero-order valence-electron chi connectivity index (χ0n) is 19.9. The Labute approximate surface area is 235 Å². The van der Waals surface area contributed by atoms with E-state index in [0.29, 0.717) is 24.3 Å². The largest absolute Gasteiger partial charge is 0.456 e. The zero-order chi connectivity index (χ0) is 30.3. The Bertz CT molecular complexity index is 1570. The SMILES string of the molecule is O=[N+]([O-])c1cc(C(F)(F)F)ccc1-c1cc(Cl)ccc1Oc1ccc(Cl)cc1-c1ccc(C(F)(F)F)cc1[N+](=O)[O-]. The van der Waals surface area contributed by atoms with Crippen LogP contribution in [0, 0.1) is 20.2 Å². The van der Waals surface area contributed by atoms with Crippen molar-refractivity contribution in [2.75, 3.05) is 0 Å². The van der Waals surface area contributed by atoms with Gasteiger partial charge in [0.25, 0.3) is 11.4 Å². The van der Waals surface area contributed by atoms with Crippen LogP contribution in [0.25, 0.3) is 22.3 Å². The molecule has 41 heavy (non-hydrogen) atoms. The molecule has 0 radical (unpaired) electrons. The smallest absolute Gasteiger partial charge is 0.416 e. The fourth-order valence-electron chi connectivity index (χ4n) is 3.90. The number of nitrogens with zero attached hydrogens (tertiary/aromatic N) is 2. The molecule has 0 bridgehead atoms. The van der Waals surface area contributed by atoms with Gasteiger partial charge in [-0.15, -0.1) is 0 Å². The highest BCUT2D eigenvalue weighted by Crippen LogP contribution is 2.46. The molecular formula is C26H12Cl2F6N2O5. The summed E-state index contributed by atoms with van der Waals surface area (Å²) in [6.45, 7) is 0. The topological polar surface area (TPSA) is 95.5 Å². The van der Waals surface area contributed by atoms with Crippen LogP contribution in [0.2, 0.25) is 10.0 Å². The van der Waals surface area contributed by atoms with Gasteiger partial charge < -0.3 is 4.74 Å². The molecule has 0 aliphatic carbocycles. The molecule has 7 nitrogen and oxygen atoms in total. The minimum Gasteiger partial charge on any atom is -0.456 e. The maximum atomic E-state index is 13.2. The van der Waals surface area contributed by atoms with E-state index < -0.39 is 44.7 Å². The molecule has 0 amide bonds. The van der Waals surface area contributed by atoms with Gasteiger partial charge in [-0.05, 0) is 60.7 Å². The predicted octanol–water partition coefficient (Wildman–Crippen LogP) is 9.97. The van der Waals surface area contributed by atoms with Gasteiger partial charge in [-0.3, -0.25) is 20.2 Å². The third-order valence-corrected chi connectivity index (χ3v) is 6.20. The number of halogens is 8. The quantitative estimate of drug-likeness (QED) is 0.122. The van der Waals surface area contributed by atoms with Crippen LogP contribution >= 0.6 is 23.2 Å². The number of nitro groups is 2. The molecule has 4 aromatic carbocycles. The summed E-state index contributed by atoms with van der Waals surface area (Å²) < 4.78 is 85.3. The summed E-state index contributed by atoms with van der Waals surface area (Å²) in [7, 11) is 0. The van der Waals surface area contributed by atoms with Gasteiger partial charge in [-0.1, -0.05) is 23.2 Å². The highest BCUT2D eigenvalue weighted by molar-refractivity contribution is 6.31. The van der Waals surface area contributed by atoms with Crippen molar-refractivity contribution in [2.24, 2.45) is 0 Å². The lowest BCUT2D eigenvalue weighted by Gasteiger charge is -2.17. The van der Waals surface area contributed by atoms with Gasteiger partial charge in [0.1, 0.15) is 11.5 Å². The fraction of sp³-hybridized carbons (Fsp3) is 0.0769. The van der Waals surface area contributed by atoms with E-state index in [1.807, 2.05) is 0 Å². The molecule has 0 heterocycles. The van der Waals surface area contributed by atoms with Crippen LogP contribution in [0.1, 0.15) is 11.1 Å². The lowest BCUT2D eigenvalue weighted by atomic mass is 9.99. The fourth-order valence-corrected chi connectivity index (χ4v) is 4.24. The third kappa shape index (κ3) is 6.36. The van der Waals surface area contributed by atoms with Crippen LogP contribution in [0.5, 0.6) is 11.5 Å². The predicted molar refractivity (Wildman–Crippen MR) is 137 cm³/mol. The van der Waals surface area contributed by atoms with Crippen molar-refractivity contribution in [1.82, 2.24) is 0 Å². The van der Waals surface area contributed by atoms with E-state index in [1.165, 1.54) is 36.4 Å². The summed E-state index contributed by atoms with van der Waals surface area (Å²) in [5, 5.41) is 23.5. The van der Waals surface area contributed by atoms with Crippen molar-refractivity contribution in [3.05, 3.63) is 114 Å². The van der Waals surface area contributed by atoms with Crippen molar-refractivity contribution < 1.29 is 40.9 Å². The standard InChI is InChI=1S/C26H12Cl2F6N2O5/c27-15-3-7-23(19(11-15)17-5-1-13(25(29,30)31)9-21(17)35(37)38)41-24-8-4-16(28)12-20(24)18-6-2-14(26(32,33)34)10-22(18)36(39)40/h1-12H. The van der Waals surface area contributed by atoms with Gasteiger partial charge in [-0.2, -0.15) is 26.3 Å². The lowest BCUT2D eigenvalue weighted by Crippen LogP contribution is -2.06. The van der Waals surface area contributed by atoms with Gasteiger partial charge in [0.2, 0.25) is 0 Å². The third-order valence-electron chi connectivity index (χ3n) is 5.73. The molecule has 0 aliphatic heterocycles. The van der Waals surface area contributed by atoms with Crippen molar-refractivity contribution in [1.29, 1.82) is 0 Å². The first-order valence-corrected chi connectivity index (χ1v) is 11.8. The van der Waals surface area contributed by atoms with Crippen molar-refractivity contribution in [3.63, 3.8) is 0 Å². The molecule has 15 heteroatoms. The Morgan fingerprint density at radius 1 is 0.561 bits per heavy atom. The van der Waals surface area contributed by atoms with Gasteiger partial charge in [0, 0.05) is 33.3 Å². The van der Waals surface area contributed by atoms with Gasteiger partial charge >= 0.3 is 12.4 Å². The van der Waals surface area contributed by atoms with Crippen molar-refractivity contribution in [3.8, 4) is 33.8 Å². The van der Waals surface area contributed by atoms with Crippen molar-refractivity contribution in [2.45, 2.75) is 12.4 Å². The minimum atomic E-state index is -4.87. The van der Waals surface area contributed by atoms with E-state index in [9.17, 15) is 46.6 Å². The normalized spacial score (nSPS) is 11.8. The molecule has 0 aromatic heterocycles. The maximum Gasteiger partial charge on any atom is 0.416 e. The summed E-state index contributed by atoms with van der Waals surface area (Å²) in [6, 6.07) is 11.2. The average molecular weight is 617 g/mol. The molecule has 0 spiro atoms. The van der Waals surface area contributed by atoms with Crippen LogP contribution in [-0.4, -0.2) is 9.85 Å². The Balaban J connectivity index is 1.90. The molecule has 212 valence electrons. The summed E-state index contributed by atoms with van der Waals surface area (Å²) >= 11 is 12.1. The molecular weight excluding hydrogens is 605 g/mol. The van der Waals surface area contributed by atoms with Gasteiger partial charge in [0.15, 0.2) is 0 Å². The molecule has 0 N–H and O–H groups in total. The van der Waals surface area contributed by atoms with Crippen LogP contribution in [0.3, 0.4) is 0 Å². The number of ether oxygens (including phenoxy) is 1.